The first-order valence-corrected chi connectivity index (χ1v) is 9.61. The highest BCUT2D eigenvalue weighted by Gasteiger charge is 2.27. The van der Waals surface area contributed by atoms with Crippen molar-refractivity contribution in [2.45, 2.75) is 44.6 Å². The lowest BCUT2D eigenvalue weighted by Gasteiger charge is -2.22. The highest BCUT2D eigenvalue weighted by molar-refractivity contribution is 7.92. The summed E-state index contributed by atoms with van der Waals surface area (Å²) >= 11 is 0. The summed E-state index contributed by atoms with van der Waals surface area (Å²) in [6, 6.07) is 5.14. The summed E-state index contributed by atoms with van der Waals surface area (Å²) in [6.07, 6.45) is 7.20. The molecule has 0 saturated heterocycles. The van der Waals surface area contributed by atoms with Crippen molar-refractivity contribution in [3.8, 4) is 0 Å². The topological polar surface area (TPSA) is 63.7 Å². The molecule has 0 unspecified atom stereocenters. The Morgan fingerprint density at radius 3 is 2.64 bits per heavy atom. The molecular formula is C16H21NO4S. The van der Waals surface area contributed by atoms with Gasteiger partial charge in [-0.15, -0.1) is 0 Å². The fourth-order valence-electron chi connectivity index (χ4n) is 3.25. The van der Waals surface area contributed by atoms with E-state index in [1.54, 1.807) is 18.2 Å². The Bertz CT molecular complexity index is 677. The van der Waals surface area contributed by atoms with Crippen LogP contribution in [0.5, 0.6) is 0 Å². The lowest BCUT2D eigenvalue weighted by molar-refractivity contribution is 0.0211. The van der Waals surface area contributed by atoms with E-state index >= 15 is 0 Å². The zero-order valence-electron chi connectivity index (χ0n) is 12.7. The minimum absolute atomic E-state index is 0.0297. The Hall–Kier alpha value is -1.56. The number of carbonyl (C=O) groups excluding carboxylic acids is 1. The quantitative estimate of drug-likeness (QED) is 0.802. The summed E-state index contributed by atoms with van der Waals surface area (Å²) in [6.45, 7) is 0.440. The molecule has 3 rings (SSSR count). The average Bonchev–Trinajstić information content (AvgIpc) is 2.91. The van der Waals surface area contributed by atoms with Gasteiger partial charge in [0.25, 0.3) is 0 Å². The summed E-state index contributed by atoms with van der Waals surface area (Å²) in [4.78, 5) is 12.2. The second-order valence-corrected chi connectivity index (χ2v) is 8.00. The van der Waals surface area contributed by atoms with Gasteiger partial charge in [0, 0.05) is 6.54 Å². The molecule has 5 nitrogen and oxygen atoms in total. The van der Waals surface area contributed by atoms with Crippen molar-refractivity contribution in [2.24, 2.45) is 0 Å². The zero-order valence-corrected chi connectivity index (χ0v) is 13.6. The molecule has 1 aromatic rings. The monoisotopic (exact) mass is 323 g/mol. The van der Waals surface area contributed by atoms with Gasteiger partial charge in [-0.3, -0.25) is 4.31 Å². The molecule has 1 saturated carbocycles. The number of hydrogen-bond acceptors (Lipinski definition) is 4. The summed E-state index contributed by atoms with van der Waals surface area (Å²) in [5, 5.41) is 0. The maximum atomic E-state index is 12.2. The van der Waals surface area contributed by atoms with Crippen molar-refractivity contribution in [1.29, 1.82) is 0 Å². The van der Waals surface area contributed by atoms with Crippen molar-refractivity contribution in [3.05, 3.63) is 29.3 Å². The molecule has 6 heteroatoms. The molecule has 120 valence electrons. The molecule has 1 heterocycles. The van der Waals surface area contributed by atoms with E-state index in [2.05, 4.69) is 0 Å². The lowest BCUT2D eigenvalue weighted by atomic mass is 9.98. The third-order valence-corrected chi connectivity index (χ3v) is 5.57. The number of esters is 1. The predicted molar refractivity (Wildman–Crippen MR) is 84.6 cm³/mol. The van der Waals surface area contributed by atoms with Gasteiger partial charge in [-0.1, -0.05) is 6.42 Å². The van der Waals surface area contributed by atoms with Crippen LogP contribution in [0, 0.1) is 0 Å². The highest BCUT2D eigenvalue weighted by Crippen LogP contribution is 2.31. The molecule has 1 aliphatic carbocycles. The molecule has 0 radical (unpaired) electrons. The fourth-order valence-corrected chi connectivity index (χ4v) is 4.20. The van der Waals surface area contributed by atoms with Crippen molar-refractivity contribution >= 4 is 21.7 Å². The molecule has 0 atom stereocenters. The second kappa shape index (κ2) is 5.91. The number of ether oxygens (including phenoxy) is 1. The van der Waals surface area contributed by atoms with E-state index in [9.17, 15) is 13.2 Å². The molecule has 22 heavy (non-hydrogen) atoms. The van der Waals surface area contributed by atoms with E-state index in [0.29, 0.717) is 24.2 Å². The Morgan fingerprint density at radius 2 is 1.95 bits per heavy atom. The molecule has 0 bridgehead atoms. The first-order valence-electron chi connectivity index (χ1n) is 7.77. The largest absolute Gasteiger partial charge is 0.459 e. The summed E-state index contributed by atoms with van der Waals surface area (Å²) in [5.41, 5.74) is 2.08. The van der Waals surface area contributed by atoms with Crippen LogP contribution in [0.2, 0.25) is 0 Å². The molecule has 0 N–H and O–H groups in total. The van der Waals surface area contributed by atoms with Crippen LogP contribution in [0.15, 0.2) is 18.2 Å². The van der Waals surface area contributed by atoms with Gasteiger partial charge in [0.1, 0.15) is 6.10 Å². The van der Waals surface area contributed by atoms with Gasteiger partial charge in [-0.2, -0.15) is 0 Å². The van der Waals surface area contributed by atoms with Gasteiger partial charge in [0.15, 0.2) is 0 Å². The first kappa shape index (κ1) is 15.3. The van der Waals surface area contributed by atoms with E-state index in [1.807, 2.05) is 0 Å². The number of benzene rings is 1. The van der Waals surface area contributed by atoms with E-state index in [1.165, 1.54) is 17.0 Å². The number of anilines is 1. The molecule has 0 amide bonds. The van der Waals surface area contributed by atoms with Gasteiger partial charge in [-0.25, -0.2) is 13.2 Å². The van der Waals surface area contributed by atoms with E-state index in [-0.39, 0.29) is 12.1 Å². The molecule has 1 fully saturated rings. The minimum Gasteiger partial charge on any atom is -0.459 e. The first-order chi connectivity index (χ1) is 10.4. The van der Waals surface area contributed by atoms with Crippen LogP contribution in [0.25, 0.3) is 0 Å². The number of rotatable bonds is 3. The molecule has 0 spiro atoms. The van der Waals surface area contributed by atoms with Gasteiger partial charge < -0.3 is 4.74 Å². The number of hydrogen-bond donors (Lipinski definition) is 0. The van der Waals surface area contributed by atoms with Crippen LogP contribution in [-0.4, -0.2) is 33.3 Å². The van der Waals surface area contributed by atoms with Crippen molar-refractivity contribution in [1.82, 2.24) is 0 Å². The van der Waals surface area contributed by atoms with Crippen LogP contribution in [0.1, 0.15) is 48.0 Å². The number of nitrogens with zero attached hydrogens (tertiary/aromatic N) is 1. The van der Waals surface area contributed by atoms with Gasteiger partial charge in [0.2, 0.25) is 10.0 Å². The minimum atomic E-state index is -3.25. The normalized spacial score (nSPS) is 19.0. The van der Waals surface area contributed by atoms with Gasteiger partial charge in [0.05, 0.1) is 17.5 Å². The molecule has 1 aromatic carbocycles. The van der Waals surface area contributed by atoms with Gasteiger partial charge in [-0.05, 0) is 55.9 Å². The van der Waals surface area contributed by atoms with Crippen molar-refractivity contribution < 1.29 is 17.9 Å². The average molecular weight is 323 g/mol. The Kier molecular flexibility index (Phi) is 4.12. The molecular weight excluding hydrogens is 302 g/mol. The van der Waals surface area contributed by atoms with Crippen LogP contribution < -0.4 is 4.31 Å². The third kappa shape index (κ3) is 3.11. The number of sulfonamides is 1. The van der Waals surface area contributed by atoms with Crippen molar-refractivity contribution in [2.75, 3.05) is 17.1 Å². The second-order valence-electron chi connectivity index (χ2n) is 6.09. The van der Waals surface area contributed by atoms with Crippen LogP contribution in [-0.2, 0) is 21.2 Å². The summed E-state index contributed by atoms with van der Waals surface area (Å²) in [5.74, 6) is -0.299. The van der Waals surface area contributed by atoms with Crippen LogP contribution in [0.3, 0.4) is 0 Å². The highest BCUT2D eigenvalue weighted by atomic mass is 32.2. The van der Waals surface area contributed by atoms with E-state index < -0.39 is 10.0 Å². The molecule has 1 aliphatic heterocycles. The Balaban J connectivity index is 1.75. The Labute approximate surface area is 131 Å². The number of fused-ring (bicyclic) bond motifs is 1. The standard InChI is InChI=1S/C16H21NO4S/c1-22(19,20)17-10-9-12-11-13(7-8-15(12)17)16(18)21-14-5-3-2-4-6-14/h7-8,11,14H,2-6,9-10H2,1H3. The maximum absolute atomic E-state index is 12.2. The number of carbonyl (C=O) groups is 1. The molecule has 2 aliphatic rings. The van der Waals surface area contributed by atoms with Crippen LogP contribution in [0.4, 0.5) is 5.69 Å². The summed E-state index contributed by atoms with van der Waals surface area (Å²) < 4.78 is 30.4. The predicted octanol–water partition coefficient (Wildman–Crippen LogP) is 2.50. The fraction of sp³-hybridized carbons (Fsp3) is 0.562. The molecule has 0 aromatic heterocycles. The van der Waals surface area contributed by atoms with Crippen LogP contribution >= 0.6 is 0 Å². The maximum Gasteiger partial charge on any atom is 0.338 e. The Morgan fingerprint density at radius 1 is 1.23 bits per heavy atom. The lowest BCUT2D eigenvalue weighted by Crippen LogP contribution is -2.27. The SMILES string of the molecule is CS(=O)(=O)N1CCc2cc(C(=O)OC3CCCCC3)ccc21. The van der Waals surface area contributed by atoms with Gasteiger partial charge >= 0.3 is 5.97 Å². The van der Waals surface area contributed by atoms with E-state index in [0.717, 1.165) is 31.2 Å². The smallest absolute Gasteiger partial charge is 0.338 e. The van der Waals surface area contributed by atoms with Crippen molar-refractivity contribution in [3.63, 3.8) is 0 Å². The third-order valence-electron chi connectivity index (χ3n) is 4.39. The zero-order chi connectivity index (χ0) is 15.7. The van der Waals surface area contributed by atoms with E-state index in [4.69, 9.17) is 4.74 Å². The summed E-state index contributed by atoms with van der Waals surface area (Å²) in [7, 11) is -3.25.